The second-order valence-electron chi connectivity index (χ2n) is 8.20. The Bertz CT molecular complexity index is 1030. The Hall–Kier alpha value is -2.45. The summed E-state index contributed by atoms with van der Waals surface area (Å²) < 4.78 is 42.0. The zero-order chi connectivity index (χ0) is 22.0. The SMILES string of the molecule is Cc1ccc(S(=O)(=O)N2CCCC[C@@H]2C(=O)N2CCN(c3ccccc3F)CC2)cc1. The number of benzene rings is 2. The lowest BCUT2D eigenvalue weighted by Crippen LogP contribution is -2.57. The van der Waals surface area contributed by atoms with Crippen molar-refractivity contribution < 1.29 is 17.6 Å². The number of sulfonamides is 1. The summed E-state index contributed by atoms with van der Waals surface area (Å²) in [6.07, 6.45) is 2.10. The molecule has 1 amide bonds. The molecule has 0 spiro atoms. The Morgan fingerprint density at radius 2 is 1.61 bits per heavy atom. The second-order valence-corrected chi connectivity index (χ2v) is 10.1. The summed E-state index contributed by atoms with van der Waals surface area (Å²) in [4.78, 5) is 17.2. The maximum absolute atomic E-state index is 14.1. The van der Waals surface area contributed by atoms with Crippen LogP contribution in [0.15, 0.2) is 53.4 Å². The first kappa shape index (κ1) is 21.8. The molecule has 8 heteroatoms. The number of para-hydroxylation sites is 1. The fraction of sp³-hybridized carbons (Fsp3) is 0.435. The van der Waals surface area contributed by atoms with E-state index in [9.17, 15) is 17.6 Å². The molecule has 4 rings (SSSR count). The number of carbonyl (C=O) groups is 1. The third-order valence-electron chi connectivity index (χ3n) is 6.15. The van der Waals surface area contributed by atoms with Gasteiger partial charge in [0.2, 0.25) is 15.9 Å². The van der Waals surface area contributed by atoms with Crippen molar-refractivity contribution in [1.29, 1.82) is 0 Å². The fourth-order valence-electron chi connectivity index (χ4n) is 4.37. The van der Waals surface area contributed by atoms with E-state index in [4.69, 9.17) is 0 Å². The van der Waals surface area contributed by atoms with Crippen molar-refractivity contribution in [3.63, 3.8) is 0 Å². The highest BCUT2D eigenvalue weighted by Crippen LogP contribution is 2.28. The Labute approximate surface area is 183 Å². The van der Waals surface area contributed by atoms with Gasteiger partial charge >= 0.3 is 0 Å². The maximum atomic E-state index is 14.1. The standard InChI is InChI=1S/C23H28FN3O3S/c1-18-9-11-19(12-10-18)31(29,30)27-13-5-4-8-22(27)23(28)26-16-14-25(15-17-26)21-7-3-2-6-20(21)24/h2-3,6-7,9-12,22H,4-5,8,13-17H2,1H3/t22-/m1/s1. The van der Waals surface area contributed by atoms with Crippen LogP contribution in [0.4, 0.5) is 10.1 Å². The van der Waals surface area contributed by atoms with E-state index in [1.165, 1.54) is 10.4 Å². The summed E-state index contributed by atoms with van der Waals surface area (Å²) in [7, 11) is -3.75. The molecule has 0 radical (unpaired) electrons. The molecule has 2 aliphatic heterocycles. The molecule has 0 saturated carbocycles. The molecule has 6 nitrogen and oxygen atoms in total. The number of aryl methyl sites for hydroxylation is 1. The van der Waals surface area contributed by atoms with Crippen molar-refractivity contribution >= 4 is 21.6 Å². The van der Waals surface area contributed by atoms with Crippen molar-refractivity contribution in [1.82, 2.24) is 9.21 Å². The van der Waals surface area contributed by atoms with E-state index in [-0.39, 0.29) is 16.6 Å². The summed E-state index contributed by atoms with van der Waals surface area (Å²) >= 11 is 0. The zero-order valence-corrected chi connectivity index (χ0v) is 18.5. The van der Waals surface area contributed by atoms with Crippen LogP contribution in [0.3, 0.4) is 0 Å². The van der Waals surface area contributed by atoms with Crippen LogP contribution in [-0.4, -0.2) is 62.3 Å². The van der Waals surface area contributed by atoms with Gasteiger partial charge in [0.25, 0.3) is 0 Å². The predicted octanol–water partition coefficient (Wildman–Crippen LogP) is 3.03. The van der Waals surface area contributed by atoms with Crippen LogP contribution in [0.25, 0.3) is 0 Å². The minimum Gasteiger partial charge on any atom is -0.366 e. The molecule has 31 heavy (non-hydrogen) atoms. The number of nitrogens with zero attached hydrogens (tertiary/aromatic N) is 3. The average molecular weight is 446 g/mol. The van der Waals surface area contributed by atoms with Crippen molar-refractivity contribution in [2.45, 2.75) is 37.1 Å². The Balaban J connectivity index is 1.48. The van der Waals surface area contributed by atoms with Gasteiger partial charge < -0.3 is 9.80 Å². The summed E-state index contributed by atoms with van der Waals surface area (Å²) in [5, 5.41) is 0. The summed E-state index contributed by atoms with van der Waals surface area (Å²) in [6, 6.07) is 12.7. The third-order valence-corrected chi connectivity index (χ3v) is 8.07. The highest BCUT2D eigenvalue weighted by molar-refractivity contribution is 7.89. The van der Waals surface area contributed by atoms with Crippen LogP contribution >= 0.6 is 0 Å². The lowest BCUT2D eigenvalue weighted by atomic mass is 10.0. The van der Waals surface area contributed by atoms with Crippen LogP contribution in [0, 0.1) is 12.7 Å². The summed E-state index contributed by atoms with van der Waals surface area (Å²) in [6.45, 7) is 4.19. The lowest BCUT2D eigenvalue weighted by Gasteiger charge is -2.40. The van der Waals surface area contributed by atoms with Gasteiger partial charge in [-0.05, 0) is 44.0 Å². The van der Waals surface area contributed by atoms with Crippen molar-refractivity contribution in [3.05, 3.63) is 59.9 Å². The number of rotatable bonds is 4. The van der Waals surface area contributed by atoms with Gasteiger partial charge in [0.1, 0.15) is 11.9 Å². The lowest BCUT2D eigenvalue weighted by molar-refractivity contribution is -0.136. The molecule has 0 N–H and O–H groups in total. The molecule has 2 heterocycles. The molecule has 0 aliphatic carbocycles. The smallest absolute Gasteiger partial charge is 0.243 e. The first-order valence-corrected chi connectivity index (χ1v) is 12.2. The Morgan fingerprint density at radius 1 is 0.935 bits per heavy atom. The maximum Gasteiger partial charge on any atom is 0.243 e. The number of piperidine rings is 1. The molecular weight excluding hydrogens is 417 g/mol. The molecule has 0 bridgehead atoms. The second kappa shape index (κ2) is 8.96. The first-order valence-electron chi connectivity index (χ1n) is 10.7. The molecule has 0 unspecified atom stereocenters. The van der Waals surface area contributed by atoms with Gasteiger partial charge in [-0.15, -0.1) is 0 Å². The molecule has 166 valence electrons. The van der Waals surface area contributed by atoms with E-state index in [0.717, 1.165) is 18.4 Å². The van der Waals surface area contributed by atoms with E-state index in [1.54, 1.807) is 47.4 Å². The molecular formula is C23H28FN3O3S. The van der Waals surface area contributed by atoms with Crippen LogP contribution < -0.4 is 4.90 Å². The van der Waals surface area contributed by atoms with Gasteiger partial charge in [0, 0.05) is 32.7 Å². The van der Waals surface area contributed by atoms with Crippen LogP contribution in [0.1, 0.15) is 24.8 Å². The summed E-state index contributed by atoms with van der Waals surface area (Å²) in [5.41, 5.74) is 1.52. The Morgan fingerprint density at radius 3 is 2.29 bits per heavy atom. The molecule has 2 aliphatic rings. The van der Waals surface area contributed by atoms with Gasteiger partial charge in [-0.2, -0.15) is 4.31 Å². The normalized spacial score (nSPS) is 20.6. The van der Waals surface area contributed by atoms with Gasteiger partial charge in [-0.1, -0.05) is 36.2 Å². The monoisotopic (exact) mass is 445 g/mol. The van der Waals surface area contributed by atoms with Gasteiger partial charge in [0.05, 0.1) is 10.6 Å². The number of anilines is 1. The highest BCUT2D eigenvalue weighted by Gasteiger charge is 2.40. The molecule has 2 aromatic rings. The number of carbonyl (C=O) groups excluding carboxylic acids is 1. The summed E-state index contributed by atoms with van der Waals surface area (Å²) in [5.74, 6) is -0.423. The van der Waals surface area contributed by atoms with Gasteiger partial charge in [0.15, 0.2) is 0 Å². The third kappa shape index (κ3) is 4.45. The molecule has 2 fully saturated rings. The van der Waals surface area contributed by atoms with Gasteiger partial charge in [-0.3, -0.25) is 4.79 Å². The van der Waals surface area contributed by atoms with Crippen molar-refractivity contribution in [2.24, 2.45) is 0 Å². The van der Waals surface area contributed by atoms with Crippen LogP contribution in [0.5, 0.6) is 0 Å². The van der Waals surface area contributed by atoms with E-state index in [1.807, 2.05) is 11.8 Å². The quantitative estimate of drug-likeness (QED) is 0.726. The van der Waals surface area contributed by atoms with E-state index >= 15 is 0 Å². The number of hydrogen-bond acceptors (Lipinski definition) is 4. The van der Waals surface area contributed by atoms with Gasteiger partial charge in [-0.25, -0.2) is 12.8 Å². The minimum atomic E-state index is -3.75. The highest BCUT2D eigenvalue weighted by atomic mass is 32.2. The molecule has 0 aromatic heterocycles. The zero-order valence-electron chi connectivity index (χ0n) is 17.7. The van der Waals surface area contributed by atoms with E-state index < -0.39 is 16.1 Å². The topological polar surface area (TPSA) is 60.9 Å². The molecule has 2 aromatic carbocycles. The number of piperazine rings is 1. The minimum absolute atomic E-state index is 0.149. The van der Waals surface area contributed by atoms with Crippen molar-refractivity contribution in [3.8, 4) is 0 Å². The first-order chi connectivity index (χ1) is 14.9. The largest absolute Gasteiger partial charge is 0.366 e. The van der Waals surface area contributed by atoms with Crippen LogP contribution in [-0.2, 0) is 14.8 Å². The fourth-order valence-corrected chi connectivity index (χ4v) is 6.02. The molecule has 1 atom stereocenters. The number of amides is 1. The van der Waals surface area contributed by atoms with Crippen molar-refractivity contribution in [2.75, 3.05) is 37.6 Å². The molecule has 2 saturated heterocycles. The number of halogens is 1. The number of hydrogen-bond donors (Lipinski definition) is 0. The van der Waals surface area contributed by atoms with E-state index in [2.05, 4.69) is 0 Å². The Kier molecular flexibility index (Phi) is 6.29. The predicted molar refractivity (Wildman–Crippen MR) is 118 cm³/mol. The average Bonchev–Trinajstić information content (AvgIpc) is 2.79. The van der Waals surface area contributed by atoms with E-state index in [0.29, 0.717) is 44.8 Å². The van der Waals surface area contributed by atoms with Crippen LogP contribution in [0.2, 0.25) is 0 Å².